The van der Waals surface area contributed by atoms with E-state index in [9.17, 15) is 0 Å². The van der Waals surface area contributed by atoms with Gasteiger partial charge in [-0.05, 0) is 26.0 Å². The number of hydrogen-bond acceptors (Lipinski definition) is 3. The fourth-order valence-electron chi connectivity index (χ4n) is 1.41. The maximum atomic E-state index is 5.54. The Morgan fingerprint density at radius 3 is 2.69 bits per heavy atom. The van der Waals surface area contributed by atoms with E-state index < -0.39 is 0 Å². The quantitative estimate of drug-likeness (QED) is 0.684. The first-order valence-corrected chi connectivity index (χ1v) is 5.83. The van der Waals surface area contributed by atoms with Crippen LogP contribution in [0.2, 0.25) is 0 Å². The summed E-state index contributed by atoms with van der Waals surface area (Å²) >= 11 is 0. The Kier molecular flexibility index (Phi) is 6.61. The molecule has 0 heterocycles. The van der Waals surface area contributed by atoms with Crippen LogP contribution in [0.4, 0.5) is 0 Å². The molecule has 0 bridgehead atoms. The summed E-state index contributed by atoms with van der Waals surface area (Å²) in [6, 6.07) is 9.85. The molecular weight excluding hydrogens is 202 g/mol. The lowest BCUT2D eigenvalue weighted by Gasteiger charge is -2.12. The number of nitrogens with one attached hydrogen (secondary N) is 1. The molecule has 3 nitrogen and oxygen atoms in total. The third kappa shape index (κ3) is 5.73. The second-order valence-electron chi connectivity index (χ2n) is 3.63. The number of hydrogen-bond donors (Lipinski definition) is 1. The molecule has 1 unspecified atom stereocenters. The van der Waals surface area contributed by atoms with Crippen molar-refractivity contribution in [3.8, 4) is 5.75 Å². The summed E-state index contributed by atoms with van der Waals surface area (Å²) in [5.41, 5.74) is 0. The van der Waals surface area contributed by atoms with Crippen molar-refractivity contribution >= 4 is 0 Å². The van der Waals surface area contributed by atoms with Crippen LogP contribution in [0.15, 0.2) is 30.3 Å². The van der Waals surface area contributed by atoms with E-state index in [0.29, 0.717) is 6.61 Å². The summed E-state index contributed by atoms with van der Waals surface area (Å²) in [4.78, 5) is 0. The predicted octanol–water partition coefficient (Wildman–Crippen LogP) is 2.08. The average Bonchev–Trinajstić information content (AvgIpc) is 2.30. The number of rotatable bonds is 8. The van der Waals surface area contributed by atoms with Crippen molar-refractivity contribution in [2.45, 2.75) is 20.0 Å². The van der Waals surface area contributed by atoms with Crippen molar-refractivity contribution in [2.24, 2.45) is 0 Å². The standard InChI is InChI=1S/C13H21NO2/c1-3-15-12(2)11-14-9-10-16-13-7-5-4-6-8-13/h4-8,12,14H,3,9-11H2,1-2H3. The highest BCUT2D eigenvalue weighted by atomic mass is 16.5. The number of ether oxygens (including phenoxy) is 2. The van der Waals surface area contributed by atoms with Crippen LogP contribution in [-0.4, -0.2) is 32.4 Å². The molecule has 0 saturated heterocycles. The second-order valence-corrected chi connectivity index (χ2v) is 3.63. The van der Waals surface area contributed by atoms with Crippen molar-refractivity contribution in [1.29, 1.82) is 0 Å². The zero-order valence-corrected chi connectivity index (χ0v) is 10.1. The third-order valence-electron chi connectivity index (χ3n) is 2.17. The minimum absolute atomic E-state index is 0.265. The summed E-state index contributed by atoms with van der Waals surface area (Å²) in [6.45, 7) is 7.23. The maximum Gasteiger partial charge on any atom is 0.119 e. The van der Waals surface area contributed by atoms with Crippen molar-refractivity contribution in [2.75, 3.05) is 26.3 Å². The summed E-state index contributed by atoms with van der Waals surface area (Å²) in [5.74, 6) is 0.919. The van der Waals surface area contributed by atoms with Gasteiger partial charge in [0.1, 0.15) is 12.4 Å². The van der Waals surface area contributed by atoms with Crippen molar-refractivity contribution in [3.05, 3.63) is 30.3 Å². The van der Waals surface area contributed by atoms with Crippen molar-refractivity contribution < 1.29 is 9.47 Å². The first-order valence-electron chi connectivity index (χ1n) is 5.83. The van der Waals surface area contributed by atoms with Gasteiger partial charge in [-0.3, -0.25) is 0 Å². The lowest BCUT2D eigenvalue weighted by molar-refractivity contribution is 0.0755. The molecule has 0 saturated carbocycles. The molecule has 1 atom stereocenters. The van der Waals surface area contributed by atoms with Gasteiger partial charge in [-0.15, -0.1) is 0 Å². The predicted molar refractivity (Wildman–Crippen MR) is 65.9 cm³/mol. The Morgan fingerprint density at radius 2 is 2.00 bits per heavy atom. The van der Waals surface area contributed by atoms with E-state index in [4.69, 9.17) is 9.47 Å². The van der Waals surface area contributed by atoms with E-state index in [1.807, 2.05) is 37.3 Å². The molecule has 0 aliphatic rings. The van der Waals surface area contributed by atoms with Crippen LogP contribution >= 0.6 is 0 Å². The van der Waals surface area contributed by atoms with E-state index in [1.54, 1.807) is 0 Å². The van der Waals surface area contributed by atoms with Crippen molar-refractivity contribution in [3.63, 3.8) is 0 Å². The normalized spacial score (nSPS) is 12.4. The van der Waals surface area contributed by atoms with E-state index >= 15 is 0 Å². The van der Waals surface area contributed by atoms with Crippen LogP contribution in [-0.2, 0) is 4.74 Å². The minimum atomic E-state index is 0.265. The molecule has 0 radical (unpaired) electrons. The lowest BCUT2D eigenvalue weighted by Crippen LogP contribution is -2.30. The van der Waals surface area contributed by atoms with Gasteiger partial charge in [-0.2, -0.15) is 0 Å². The van der Waals surface area contributed by atoms with Gasteiger partial charge < -0.3 is 14.8 Å². The zero-order valence-electron chi connectivity index (χ0n) is 10.1. The molecule has 1 aromatic rings. The Hall–Kier alpha value is -1.06. The summed E-state index contributed by atoms with van der Waals surface area (Å²) in [7, 11) is 0. The lowest BCUT2D eigenvalue weighted by atomic mass is 10.3. The molecule has 0 aliphatic carbocycles. The molecule has 16 heavy (non-hydrogen) atoms. The maximum absolute atomic E-state index is 5.54. The largest absolute Gasteiger partial charge is 0.492 e. The Labute approximate surface area is 97.8 Å². The van der Waals surface area contributed by atoms with Crippen LogP contribution in [0.1, 0.15) is 13.8 Å². The van der Waals surface area contributed by atoms with E-state index in [0.717, 1.165) is 25.4 Å². The highest BCUT2D eigenvalue weighted by molar-refractivity contribution is 5.20. The van der Waals surface area contributed by atoms with Gasteiger partial charge in [0.2, 0.25) is 0 Å². The SMILES string of the molecule is CCOC(C)CNCCOc1ccccc1. The molecule has 0 aromatic heterocycles. The topological polar surface area (TPSA) is 30.5 Å². The molecule has 0 spiro atoms. The molecule has 0 fully saturated rings. The Bertz CT molecular complexity index is 264. The number of para-hydroxylation sites is 1. The highest BCUT2D eigenvalue weighted by Crippen LogP contribution is 2.07. The van der Waals surface area contributed by atoms with Gasteiger partial charge in [-0.25, -0.2) is 0 Å². The van der Waals surface area contributed by atoms with Gasteiger partial charge in [0.05, 0.1) is 6.10 Å². The minimum Gasteiger partial charge on any atom is -0.492 e. The first kappa shape index (κ1) is 13.0. The Balaban J connectivity index is 2.00. The molecule has 1 N–H and O–H groups in total. The first-order chi connectivity index (χ1) is 7.83. The smallest absolute Gasteiger partial charge is 0.119 e. The second kappa shape index (κ2) is 8.13. The molecule has 1 aromatic carbocycles. The van der Waals surface area contributed by atoms with Crippen LogP contribution in [0, 0.1) is 0 Å². The van der Waals surface area contributed by atoms with Gasteiger partial charge in [0.15, 0.2) is 0 Å². The van der Waals surface area contributed by atoms with Crippen LogP contribution < -0.4 is 10.1 Å². The fraction of sp³-hybridized carbons (Fsp3) is 0.538. The summed E-state index contributed by atoms with van der Waals surface area (Å²) in [6.07, 6.45) is 0.265. The van der Waals surface area contributed by atoms with E-state index in [2.05, 4.69) is 12.2 Å². The highest BCUT2D eigenvalue weighted by Gasteiger charge is 1.99. The van der Waals surface area contributed by atoms with Crippen LogP contribution in [0.25, 0.3) is 0 Å². The molecule has 3 heteroatoms. The van der Waals surface area contributed by atoms with Gasteiger partial charge >= 0.3 is 0 Å². The number of benzene rings is 1. The molecule has 0 aliphatic heterocycles. The fourth-order valence-corrected chi connectivity index (χ4v) is 1.41. The summed E-state index contributed by atoms with van der Waals surface area (Å²) in [5, 5.41) is 3.29. The molecule has 1 rings (SSSR count). The average molecular weight is 223 g/mol. The van der Waals surface area contributed by atoms with Gasteiger partial charge in [0.25, 0.3) is 0 Å². The van der Waals surface area contributed by atoms with Gasteiger partial charge in [0, 0.05) is 19.7 Å². The van der Waals surface area contributed by atoms with Crippen LogP contribution in [0.3, 0.4) is 0 Å². The van der Waals surface area contributed by atoms with Crippen LogP contribution in [0.5, 0.6) is 5.75 Å². The molecule has 0 amide bonds. The molecular formula is C13H21NO2. The monoisotopic (exact) mass is 223 g/mol. The zero-order chi connectivity index (χ0) is 11.6. The molecule has 90 valence electrons. The van der Waals surface area contributed by atoms with Gasteiger partial charge in [-0.1, -0.05) is 18.2 Å². The Morgan fingerprint density at radius 1 is 1.25 bits per heavy atom. The van der Waals surface area contributed by atoms with Crippen molar-refractivity contribution in [1.82, 2.24) is 5.32 Å². The summed E-state index contributed by atoms with van der Waals surface area (Å²) < 4.78 is 10.9. The third-order valence-corrected chi connectivity index (χ3v) is 2.17. The van der Waals surface area contributed by atoms with E-state index in [-0.39, 0.29) is 6.10 Å². The van der Waals surface area contributed by atoms with E-state index in [1.165, 1.54) is 0 Å².